The molecule has 0 amide bonds. The first-order valence-corrected chi connectivity index (χ1v) is 8.14. The van der Waals surface area contributed by atoms with Crippen LogP contribution in [-0.4, -0.2) is 40.3 Å². The van der Waals surface area contributed by atoms with Gasteiger partial charge in [0, 0.05) is 6.42 Å². The van der Waals surface area contributed by atoms with Gasteiger partial charge in [0.2, 0.25) is 0 Å². The van der Waals surface area contributed by atoms with Crippen molar-refractivity contribution >= 4 is 11.8 Å². The average molecular weight is 322 g/mol. The Labute approximate surface area is 137 Å². The fourth-order valence-corrected chi connectivity index (χ4v) is 3.38. The summed E-state index contributed by atoms with van der Waals surface area (Å²) in [5.41, 5.74) is 1.28. The van der Waals surface area contributed by atoms with Gasteiger partial charge in [0.25, 0.3) is 0 Å². The molecule has 5 heteroatoms. The fourth-order valence-electron chi connectivity index (χ4n) is 3.38. The van der Waals surface area contributed by atoms with Gasteiger partial charge in [-0.2, -0.15) is 0 Å². The number of allylic oxidation sites excluding steroid dienone is 3. The summed E-state index contributed by atoms with van der Waals surface area (Å²) < 4.78 is 5.36. The lowest BCUT2D eigenvalue weighted by Crippen LogP contribution is -2.50. The molecule has 1 spiro atoms. The van der Waals surface area contributed by atoms with Crippen molar-refractivity contribution in [3.63, 3.8) is 0 Å². The van der Waals surface area contributed by atoms with Gasteiger partial charge in [-0.25, -0.2) is 0 Å². The average Bonchev–Trinajstić information content (AvgIpc) is 2.73. The molecule has 0 bridgehead atoms. The van der Waals surface area contributed by atoms with Crippen LogP contribution in [-0.2, 0) is 14.3 Å². The van der Waals surface area contributed by atoms with E-state index in [0.717, 1.165) is 18.4 Å². The lowest BCUT2D eigenvalue weighted by Gasteiger charge is -2.38. The smallest absolute Gasteiger partial charge is 0.307 e. The van der Waals surface area contributed by atoms with Crippen LogP contribution in [0.25, 0.3) is 0 Å². The summed E-state index contributed by atoms with van der Waals surface area (Å²) in [4.78, 5) is 24.3. The molecule has 2 fully saturated rings. The number of cyclic esters (lactones) is 1. The Hall–Kier alpha value is -1.46. The van der Waals surface area contributed by atoms with Crippen LogP contribution in [0.2, 0.25) is 0 Å². The van der Waals surface area contributed by atoms with E-state index in [4.69, 9.17) is 4.74 Å². The maximum atomic E-state index is 12.5. The highest BCUT2D eigenvalue weighted by Gasteiger charge is 2.57. The maximum absolute atomic E-state index is 12.5. The molecule has 23 heavy (non-hydrogen) atoms. The van der Waals surface area contributed by atoms with E-state index in [1.54, 1.807) is 0 Å². The van der Waals surface area contributed by atoms with Gasteiger partial charge in [0.15, 0.2) is 0 Å². The molecule has 0 aromatic heterocycles. The summed E-state index contributed by atoms with van der Waals surface area (Å²) in [6.45, 7) is 6.04. The molecule has 2 N–H and O–H groups in total. The van der Waals surface area contributed by atoms with Gasteiger partial charge in [0.1, 0.15) is 11.9 Å². The number of carbonyl (C=O) groups is 2. The molecular weight excluding hydrogens is 296 g/mol. The zero-order valence-corrected chi connectivity index (χ0v) is 14.0. The third-order valence-corrected chi connectivity index (χ3v) is 4.76. The van der Waals surface area contributed by atoms with Gasteiger partial charge in [-0.15, -0.1) is 0 Å². The summed E-state index contributed by atoms with van der Waals surface area (Å²) in [5, 5.41) is 19.6. The standard InChI is InChI=1S/C18H26O5/c1-11(2)5-4-6-12(3)7-16-18(10-17(22)23-16)9-14(20)13(19)8-15(18)21/h5,7,13-14,16,19-20H,4,6,8-10H2,1-3H3/b12-7+/t13-,14+,16-,18?/m1/s1. The van der Waals surface area contributed by atoms with Crippen molar-refractivity contribution in [2.24, 2.45) is 5.41 Å². The zero-order valence-electron chi connectivity index (χ0n) is 14.0. The molecule has 128 valence electrons. The van der Waals surface area contributed by atoms with E-state index < -0.39 is 29.7 Å². The quantitative estimate of drug-likeness (QED) is 0.611. The fraction of sp³-hybridized carbons (Fsp3) is 0.667. The largest absolute Gasteiger partial charge is 0.457 e. The minimum absolute atomic E-state index is 0.0158. The van der Waals surface area contributed by atoms with E-state index in [2.05, 4.69) is 6.08 Å². The first-order valence-electron chi connectivity index (χ1n) is 8.14. The first-order chi connectivity index (χ1) is 10.7. The van der Waals surface area contributed by atoms with Crippen LogP contribution in [0.3, 0.4) is 0 Å². The van der Waals surface area contributed by atoms with Crippen LogP contribution in [0.15, 0.2) is 23.3 Å². The van der Waals surface area contributed by atoms with Crippen molar-refractivity contribution in [2.75, 3.05) is 0 Å². The number of Topliss-reactive ketones (excluding diaryl/α,β-unsaturated/α-hetero) is 1. The number of esters is 1. The Bertz CT molecular complexity index is 544. The number of ether oxygens (including phenoxy) is 1. The number of aliphatic hydroxyl groups excluding tert-OH is 2. The molecular formula is C18H26O5. The second-order valence-electron chi connectivity index (χ2n) is 7.04. The predicted molar refractivity (Wildman–Crippen MR) is 85.6 cm³/mol. The summed E-state index contributed by atoms with van der Waals surface area (Å²) in [6, 6.07) is 0. The molecule has 1 heterocycles. The van der Waals surface area contributed by atoms with E-state index in [1.807, 2.05) is 26.8 Å². The molecule has 0 radical (unpaired) electrons. The van der Waals surface area contributed by atoms with Gasteiger partial charge >= 0.3 is 5.97 Å². The van der Waals surface area contributed by atoms with Crippen LogP contribution < -0.4 is 0 Å². The molecule has 1 unspecified atom stereocenters. The number of ketones is 1. The molecule has 1 aliphatic carbocycles. The molecule has 1 saturated heterocycles. The lowest BCUT2D eigenvalue weighted by molar-refractivity contribution is -0.146. The van der Waals surface area contributed by atoms with Gasteiger partial charge in [0.05, 0.1) is 24.0 Å². The minimum Gasteiger partial charge on any atom is -0.457 e. The van der Waals surface area contributed by atoms with Crippen LogP contribution in [0.1, 0.15) is 52.9 Å². The van der Waals surface area contributed by atoms with E-state index in [-0.39, 0.29) is 25.0 Å². The summed E-state index contributed by atoms with van der Waals surface area (Å²) in [6.07, 6.45) is 2.94. The second-order valence-corrected chi connectivity index (χ2v) is 7.04. The normalized spacial score (nSPS) is 34.7. The number of hydrogen-bond acceptors (Lipinski definition) is 5. The molecule has 1 saturated carbocycles. The van der Waals surface area contributed by atoms with E-state index >= 15 is 0 Å². The molecule has 2 aliphatic rings. The van der Waals surface area contributed by atoms with Gasteiger partial charge in [-0.1, -0.05) is 17.2 Å². The molecule has 5 nitrogen and oxygen atoms in total. The molecule has 2 rings (SSSR count). The van der Waals surface area contributed by atoms with Gasteiger partial charge < -0.3 is 14.9 Å². The summed E-state index contributed by atoms with van der Waals surface area (Å²) in [7, 11) is 0. The van der Waals surface area contributed by atoms with E-state index in [9.17, 15) is 19.8 Å². The number of carbonyl (C=O) groups excluding carboxylic acids is 2. The highest BCUT2D eigenvalue weighted by Crippen LogP contribution is 2.46. The Morgan fingerprint density at radius 1 is 1.26 bits per heavy atom. The van der Waals surface area contributed by atoms with Crippen molar-refractivity contribution < 1.29 is 24.5 Å². The molecule has 0 aromatic carbocycles. The van der Waals surface area contributed by atoms with E-state index in [0.29, 0.717) is 0 Å². The zero-order chi connectivity index (χ0) is 17.2. The number of hydrogen-bond donors (Lipinski definition) is 2. The Balaban J connectivity index is 2.17. The Morgan fingerprint density at radius 2 is 1.96 bits per heavy atom. The van der Waals surface area contributed by atoms with Gasteiger partial charge in [-0.3, -0.25) is 9.59 Å². The van der Waals surface area contributed by atoms with E-state index in [1.165, 1.54) is 5.57 Å². The highest BCUT2D eigenvalue weighted by molar-refractivity contribution is 5.93. The number of rotatable bonds is 4. The molecule has 4 atom stereocenters. The molecule has 0 aromatic rings. The summed E-state index contributed by atoms with van der Waals surface area (Å²) in [5.74, 6) is -0.611. The summed E-state index contributed by atoms with van der Waals surface area (Å²) >= 11 is 0. The number of aliphatic hydroxyl groups is 2. The third kappa shape index (κ3) is 3.90. The lowest BCUT2D eigenvalue weighted by atomic mass is 9.66. The SMILES string of the molecule is CC(C)=CCC/C(C)=C/[C@H]1OC(=O)CC12C[C@H](O)[C@H](O)CC2=O. The van der Waals surface area contributed by atoms with Crippen molar-refractivity contribution in [1.82, 2.24) is 0 Å². The van der Waals surface area contributed by atoms with Crippen molar-refractivity contribution in [1.29, 1.82) is 0 Å². The van der Waals surface area contributed by atoms with Crippen LogP contribution in [0.4, 0.5) is 0 Å². The Kier molecular flexibility index (Phi) is 5.42. The van der Waals surface area contributed by atoms with Crippen LogP contribution in [0.5, 0.6) is 0 Å². The monoisotopic (exact) mass is 322 g/mol. The minimum atomic E-state index is -1.05. The highest BCUT2D eigenvalue weighted by atomic mass is 16.6. The topological polar surface area (TPSA) is 83.8 Å². The van der Waals surface area contributed by atoms with Crippen LogP contribution >= 0.6 is 0 Å². The van der Waals surface area contributed by atoms with Gasteiger partial charge in [-0.05, 0) is 46.1 Å². The van der Waals surface area contributed by atoms with Crippen molar-refractivity contribution in [3.8, 4) is 0 Å². The second kappa shape index (κ2) is 6.97. The predicted octanol–water partition coefficient (Wildman–Crippen LogP) is 2.07. The van der Waals surface area contributed by atoms with Crippen molar-refractivity contribution in [3.05, 3.63) is 23.3 Å². The molecule has 1 aliphatic heterocycles. The third-order valence-electron chi connectivity index (χ3n) is 4.76. The van der Waals surface area contributed by atoms with Crippen LogP contribution in [0, 0.1) is 5.41 Å². The maximum Gasteiger partial charge on any atom is 0.307 e. The first kappa shape index (κ1) is 17.9. The van der Waals surface area contributed by atoms with Crippen molar-refractivity contribution in [2.45, 2.75) is 71.2 Å². The Morgan fingerprint density at radius 3 is 2.61 bits per heavy atom.